The summed E-state index contributed by atoms with van der Waals surface area (Å²) in [6.07, 6.45) is 8.03. The minimum Gasteiger partial charge on any atom is -0.485 e. The number of benzene rings is 1. The summed E-state index contributed by atoms with van der Waals surface area (Å²) in [5.41, 5.74) is 2.68. The highest BCUT2D eigenvalue weighted by molar-refractivity contribution is 5.97. The molecule has 6 nitrogen and oxygen atoms in total. The van der Waals surface area contributed by atoms with Crippen LogP contribution in [0, 0.1) is 6.92 Å². The maximum Gasteiger partial charge on any atom is 0.255 e. The van der Waals surface area contributed by atoms with E-state index in [-0.39, 0.29) is 11.5 Å². The molecule has 2 aliphatic rings. The van der Waals surface area contributed by atoms with E-state index in [2.05, 4.69) is 28.6 Å². The van der Waals surface area contributed by atoms with E-state index >= 15 is 0 Å². The molecular formula is C21H28N4O2. The molecule has 1 saturated carbocycles. The lowest BCUT2D eigenvalue weighted by molar-refractivity contribution is 0.00884. The molecule has 6 heteroatoms. The highest BCUT2D eigenvalue weighted by atomic mass is 16.5. The van der Waals surface area contributed by atoms with Gasteiger partial charge in [-0.3, -0.25) is 14.4 Å². The monoisotopic (exact) mass is 368 g/mol. The normalized spacial score (nSPS) is 25.0. The first kappa shape index (κ1) is 18.0. The van der Waals surface area contributed by atoms with Crippen LogP contribution in [-0.2, 0) is 13.6 Å². The molecule has 1 N–H and O–H groups in total. The molecule has 1 amide bonds. The first-order valence-corrected chi connectivity index (χ1v) is 9.70. The van der Waals surface area contributed by atoms with E-state index in [1.165, 1.54) is 5.56 Å². The molecule has 0 bridgehead atoms. The molecule has 2 aromatic rings. The molecule has 1 aromatic heterocycles. The number of nitrogens with zero attached hydrogens (tertiary/aromatic N) is 3. The lowest BCUT2D eigenvalue weighted by Gasteiger charge is -2.42. The lowest BCUT2D eigenvalue weighted by atomic mass is 9.81. The molecule has 0 radical (unpaired) electrons. The predicted molar refractivity (Wildman–Crippen MR) is 104 cm³/mol. The van der Waals surface area contributed by atoms with Crippen LogP contribution < -0.4 is 10.1 Å². The molecule has 0 unspecified atom stereocenters. The van der Waals surface area contributed by atoms with Crippen molar-refractivity contribution in [2.24, 2.45) is 7.05 Å². The number of nitrogens with one attached hydrogen (secondary N) is 1. The van der Waals surface area contributed by atoms with Gasteiger partial charge in [-0.1, -0.05) is 11.6 Å². The van der Waals surface area contributed by atoms with Crippen LogP contribution in [0.15, 0.2) is 30.6 Å². The van der Waals surface area contributed by atoms with Crippen molar-refractivity contribution in [2.75, 3.05) is 13.6 Å². The number of hydrogen-bond acceptors (Lipinski definition) is 4. The molecule has 1 aromatic carbocycles. The Hall–Kier alpha value is -2.34. The van der Waals surface area contributed by atoms with Crippen LogP contribution in [0.5, 0.6) is 5.75 Å². The Labute approximate surface area is 160 Å². The molecule has 1 aliphatic heterocycles. The fraction of sp³-hybridized carbons (Fsp3) is 0.524. The number of aryl methyl sites for hydroxylation is 2. The van der Waals surface area contributed by atoms with Crippen molar-refractivity contribution in [1.29, 1.82) is 0 Å². The summed E-state index contributed by atoms with van der Waals surface area (Å²) < 4.78 is 8.29. The van der Waals surface area contributed by atoms with E-state index in [1.54, 1.807) is 0 Å². The number of aromatic nitrogens is 2. The Bertz CT molecular complexity index is 836. The van der Waals surface area contributed by atoms with E-state index in [4.69, 9.17) is 4.74 Å². The van der Waals surface area contributed by atoms with Gasteiger partial charge in [-0.25, -0.2) is 0 Å². The molecule has 1 fully saturated rings. The smallest absolute Gasteiger partial charge is 0.255 e. The fourth-order valence-corrected chi connectivity index (χ4v) is 4.34. The van der Waals surface area contributed by atoms with E-state index < -0.39 is 0 Å². The largest absolute Gasteiger partial charge is 0.485 e. The molecule has 1 aliphatic carbocycles. The number of fused-ring (bicyclic) bond motifs is 1. The minimum absolute atomic E-state index is 0.0265. The number of ether oxygens (including phenoxy) is 1. The molecule has 0 atom stereocenters. The van der Waals surface area contributed by atoms with E-state index in [0.29, 0.717) is 18.2 Å². The van der Waals surface area contributed by atoms with Crippen molar-refractivity contribution >= 4 is 5.91 Å². The average Bonchev–Trinajstić information content (AvgIpc) is 3.01. The van der Waals surface area contributed by atoms with Gasteiger partial charge in [0, 0.05) is 31.4 Å². The second-order valence-corrected chi connectivity index (χ2v) is 8.14. The summed E-state index contributed by atoms with van der Waals surface area (Å²) >= 11 is 0. The maximum absolute atomic E-state index is 12.5. The van der Waals surface area contributed by atoms with Crippen LogP contribution >= 0.6 is 0 Å². The van der Waals surface area contributed by atoms with E-state index in [0.717, 1.165) is 43.5 Å². The predicted octanol–water partition coefficient (Wildman–Crippen LogP) is 2.66. The van der Waals surface area contributed by atoms with Gasteiger partial charge in [0.2, 0.25) is 0 Å². The second kappa shape index (κ2) is 7.00. The van der Waals surface area contributed by atoms with Gasteiger partial charge in [0.05, 0.1) is 18.3 Å². The van der Waals surface area contributed by atoms with Gasteiger partial charge in [0.1, 0.15) is 11.4 Å². The Balaban J connectivity index is 1.43. The third kappa shape index (κ3) is 3.72. The number of rotatable bonds is 3. The maximum atomic E-state index is 12.5. The van der Waals surface area contributed by atoms with Crippen LogP contribution in [0.2, 0.25) is 0 Å². The Morgan fingerprint density at radius 3 is 2.85 bits per heavy atom. The van der Waals surface area contributed by atoms with Crippen molar-refractivity contribution in [3.63, 3.8) is 0 Å². The fourth-order valence-electron chi connectivity index (χ4n) is 4.34. The van der Waals surface area contributed by atoms with Crippen LogP contribution in [-0.4, -0.2) is 45.8 Å². The zero-order chi connectivity index (χ0) is 19.0. The first-order chi connectivity index (χ1) is 12.9. The van der Waals surface area contributed by atoms with Crippen LogP contribution in [0.1, 0.15) is 47.2 Å². The average molecular weight is 368 g/mol. The summed E-state index contributed by atoms with van der Waals surface area (Å²) in [6.45, 7) is 3.49. The van der Waals surface area contributed by atoms with Gasteiger partial charge >= 0.3 is 0 Å². The van der Waals surface area contributed by atoms with Gasteiger partial charge < -0.3 is 10.1 Å². The van der Waals surface area contributed by atoms with E-state index in [9.17, 15) is 4.79 Å². The number of carbonyl (C=O) groups is 1. The molecule has 2 heterocycles. The van der Waals surface area contributed by atoms with Crippen LogP contribution in [0.3, 0.4) is 0 Å². The molecule has 144 valence electrons. The zero-order valence-electron chi connectivity index (χ0n) is 16.4. The highest BCUT2D eigenvalue weighted by Gasteiger charge is 2.41. The minimum atomic E-state index is -0.290. The summed E-state index contributed by atoms with van der Waals surface area (Å²) in [7, 11) is 4.13. The third-order valence-corrected chi connectivity index (χ3v) is 5.96. The van der Waals surface area contributed by atoms with Crippen molar-refractivity contribution < 1.29 is 9.53 Å². The van der Waals surface area contributed by atoms with Crippen molar-refractivity contribution in [3.8, 4) is 5.75 Å². The Morgan fingerprint density at radius 2 is 2.15 bits per heavy atom. The second-order valence-electron chi connectivity index (χ2n) is 8.14. The van der Waals surface area contributed by atoms with Crippen molar-refractivity contribution in [2.45, 2.75) is 50.8 Å². The summed E-state index contributed by atoms with van der Waals surface area (Å²) in [4.78, 5) is 14.9. The third-order valence-electron chi connectivity index (χ3n) is 5.96. The molecular weight excluding hydrogens is 340 g/mol. The van der Waals surface area contributed by atoms with E-state index in [1.807, 2.05) is 43.0 Å². The number of carbonyl (C=O) groups excluding carboxylic acids is 1. The van der Waals surface area contributed by atoms with Gasteiger partial charge in [-0.15, -0.1) is 0 Å². The summed E-state index contributed by atoms with van der Waals surface area (Å²) in [6, 6.07) is 6.39. The summed E-state index contributed by atoms with van der Waals surface area (Å²) in [5.74, 6) is 0.694. The summed E-state index contributed by atoms with van der Waals surface area (Å²) in [5, 5.41) is 7.34. The molecule has 27 heavy (non-hydrogen) atoms. The van der Waals surface area contributed by atoms with Crippen LogP contribution in [0.4, 0.5) is 0 Å². The molecule has 4 rings (SSSR count). The number of amides is 1. The van der Waals surface area contributed by atoms with Gasteiger partial charge in [-0.05, 0) is 51.8 Å². The number of hydrogen-bond donors (Lipinski definition) is 1. The lowest BCUT2D eigenvalue weighted by Crippen LogP contribution is -2.50. The molecule has 0 saturated heterocycles. The Morgan fingerprint density at radius 1 is 1.37 bits per heavy atom. The van der Waals surface area contributed by atoms with Crippen molar-refractivity contribution in [1.82, 2.24) is 20.0 Å². The molecule has 1 spiro atoms. The SMILES string of the molecule is Cc1ccc2c(c1)C(=O)NCC1(CCC(N(C)Cc3cnn(C)c3)CC1)O2. The van der Waals surface area contributed by atoms with Crippen LogP contribution in [0.25, 0.3) is 0 Å². The Kier molecular flexibility index (Phi) is 4.68. The highest BCUT2D eigenvalue weighted by Crippen LogP contribution is 2.37. The first-order valence-electron chi connectivity index (χ1n) is 9.70. The topological polar surface area (TPSA) is 59.4 Å². The van der Waals surface area contributed by atoms with Gasteiger partial charge in [0.15, 0.2) is 0 Å². The van der Waals surface area contributed by atoms with Gasteiger partial charge in [0.25, 0.3) is 5.91 Å². The zero-order valence-corrected chi connectivity index (χ0v) is 16.4. The van der Waals surface area contributed by atoms with Crippen molar-refractivity contribution in [3.05, 3.63) is 47.3 Å². The van der Waals surface area contributed by atoms with Gasteiger partial charge in [-0.2, -0.15) is 5.10 Å². The quantitative estimate of drug-likeness (QED) is 0.905. The standard InChI is InChI=1S/C21H28N4O2/c1-15-4-5-19-18(10-15)20(26)22-14-21(27-19)8-6-17(7-9-21)24(2)12-16-11-23-25(3)13-16/h4-5,10-11,13,17H,6-9,12,14H2,1-3H3,(H,22,26).